The molecule has 62 valence electrons. The van der Waals surface area contributed by atoms with Gasteiger partial charge in [0, 0.05) is 6.04 Å². The van der Waals surface area contributed by atoms with E-state index in [1.54, 1.807) is 6.26 Å². The van der Waals surface area contributed by atoms with Gasteiger partial charge in [-0.05, 0) is 20.3 Å². The Morgan fingerprint density at radius 2 is 2.36 bits per heavy atom. The number of aryl methyl sites for hydroxylation is 1. The number of aromatic nitrogens is 1. The maximum absolute atomic E-state index is 5.14. The molecule has 1 heterocycles. The van der Waals surface area contributed by atoms with Gasteiger partial charge >= 0.3 is 0 Å². The minimum absolute atomic E-state index is 0.373. The van der Waals surface area contributed by atoms with Crippen LogP contribution in [0.15, 0.2) is 10.7 Å². The molecular formula is C8H14N2O. The van der Waals surface area contributed by atoms with Gasteiger partial charge in [0.05, 0.1) is 5.69 Å². The average Bonchev–Trinajstić information content (AvgIpc) is 2.34. The van der Waals surface area contributed by atoms with Crippen molar-refractivity contribution >= 4 is 6.01 Å². The van der Waals surface area contributed by atoms with Gasteiger partial charge in [-0.15, -0.1) is 0 Å². The fourth-order valence-electron chi connectivity index (χ4n) is 0.783. The number of oxazole rings is 1. The van der Waals surface area contributed by atoms with E-state index in [1.165, 1.54) is 0 Å². The lowest BCUT2D eigenvalue weighted by atomic mass is 10.4. The molecule has 0 bridgehead atoms. The molecule has 1 aromatic heterocycles. The molecule has 3 nitrogen and oxygen atoms in total. The van der Waals surface area contributed by atoms with Crippen LogP contribution < -0.4 is 5.32 Å². The first-order valence-electron chi connectivity index (χ1n) is 3.93. The van der Waals surface area contributed by atoms with Gasteiger partial charge in [0.25, 0.3) is 6.01 Å². The molecule has 3 heteroatoms. The van der Waals surface area contributed by atoms with Crippen molar-refractivity contribution < 1.29 is 4.42 Å². The number of anilines is 1. The summed E-state index contributed by atoms with van der Waals surface area (Å²) in [6.07, 6.45) is 2.61. The second-order valence-corrected chi connectivity index (χ2v) is 2.80. The van der Waals surface area contributed by atoms with Crippen LogP contribution >= 0.6 is 0 Å². The van der Waals surface area contributed by atoms with Gasteiger partial charge in [0.15, 0.2) is 0 Å². The minimum atomic E-state index is 0.373. The van der Waals surface area contributed by atoms with Crippen LogP contribution in [0, 0.1) is 0 Å². The fraction of sp³-hybridized carbons (Fsp3) is 0.625. The summed E-state index contributed by atoms with van der Waals surface area (Å²) >= 11 is 0. The molecular weight excluding hydrogens is 140 g/mol. The van der Waals surface area contributed by atoms with Crippen molar-refractivity contribution in [2.24, 2.45) is 0 Å². The number of nitrogens with zero attached hydrogens (tertiary/aromatic N) is 1. The van der Waals surface area contributed by atoms with Gasteiger partial charge < -0.3 is 9.73 Å². The molecule has 1 N–H and O–H groups in total. The van der Waals surface area contributed by atoms with Crippen molar-refractivity contribution in [3.63, 3.8) is 0 Å². The zero-order valence-electron chi connectivity index (χ0n) is 7.22. The van der Waals surface area contributed by atoms with Gasteiger partial charge in [-0.1, -0.05) is 6.92 Å². The molecule has 0 amide bonds. The Kier molecular flexibility index (Phi) is 2.52. The van der Waals surface area contributed by atoms with Crippen molar-refractivity contribution in [1.29, 1.82) is 0 Å². The number of hydrogen-bond acceptors (Lipinski definition) is 3. The summed E-state index contributed by atoms with van der Waals surface area (Å²) in [5.74, 6) is 0. The van der Waals surface area contributed by atoms with Crippen LogP contribution in [0.2, 0.25) is 0 Å². The zero-order chi connectivity index (χ0) is 8.27. The molecule has 0 unspecified atom stereocenters. The van der Waals surface area contributed by atoms with E-state index in [1.807, 2.05) is 0 Å². The Balaban J connectivity index is 2.58. The van der Waals surface area contributed by atoms with Crippen LogP contribution in [0.25, 0.3) is 0 Å². The number of nitrogens with one attached hydrogen (secondary N) is 1. The van der Waals surface area contributed by atoms with Gasteiger partial charge in [-0.2, -0.15) is 4.98 Å². The topological polar surface area (TPSA) is 38.1 Å². The molecule has 0 aromatic carbocycles. The first-order valence-corrected chi connectivity index (χ1v) is 3.93. The standard InChI is InChI=1S/C8H14N2O/c1-4-7-5-11-8(10-7)9-6(2)3/h5-6H,4H2,1-3H3,(H,9,10). The molecule has 0 fully saturated rings. The summed E-state index contributed by atoms with van der Waals surface area (Å²) in [6, 6.07) is 0.996. The summed E-state index contributed by atoms with van der Waals surface area (Å²) in [5, 5.41) is 3.08. The van der Waals surface area contributed by atoms with E-state index in [0.717, 1.165) is 12.1 Å². The van der Waals surface area contributed by atoms with Gasteiger partial charge in [-0.3, -0.25) is 0 Å². The highest BCUT2D eigenvalue weighted by Crippen LogP contribution is 2.08. The molecule has 0 atom stereocenters. The number of rotatable bonds is 3. The normalized spacial score (nSPS) is 10.5. The molecule has 1 rings (SSSR count). The minimum Gasteiger partial charge on any atom is -0.432 e. The van der Waals surface area contributed by atoms with Crippen molar-refractivity contribution in [1.82, 2.24) is 4.98 Å². The van der Waals surface area contributed by atoms with E-state index in [4.69, 9.17) is 4.42 Å². The van der Waals surface area contributed by atoms with E-state index in [9.17, 15) is 0 Å². The molecule has 0 spiro atoms. The summed E-state index contributed by atoms with van der Waals surface area (Å²) in [7, 11) is 0. The van der Waals surface area contributed by atoms with E-state index < -0.39 is 0 Å². The summed E-state index contributed by atoms with van der Waals surface area (Å²) < 4.78 is 5.14. The number of hydrogen-bond donors (Lipinski definition) is 1. The Morgan fingerprint density at radius 3 is 2.82 bits per heavy atom. The summed E-state index contributed by atoms with van der Waals surface area (Å²) in [6.45, 7) is 6.16. The smallest absolute Gasteiger partial charge is 0.294 e. The van der Waals surface area contributed by atoms with Crippen LogP contribution in [-0.4, -0.2) is 11.0 Å². The fourth-order valence-corrected chi connectivity index (χ4v) is 0.783. The van der Waals surface area contributed by atoms with Gasteiger partial charge in [-0.25, -0.2) is 0 Å². The lowest BCUT2D eigenvalue weighted by molar-refractivity contribution is 0.563. The molecule has 0 saturated carbocycles. The summed E-state index contributed by atoms with van der Waals surface area (Å²) in [5.41, 5.74) is 0.994. The van der Waals surface area contributed by atoms with Crippen molar-refractivity contribution in [3.05, 3.63) is 12.0 Å². The Hall–Kier alpha value is -0.990. The highest BCUT2D eigenvalue weighted by molar-refractivity contribution is 5.22. The quantitative estimate of drug-likeness (QED) is 0.724. The van der Waals surface area contributed by atoms with Crippen molar-refractivity contribution in [2.75, 3.05) is 5.32 Å². The third-order valence-electron chi connectivity index (χ3n) is 1.33. The Labute approximate surface area is 66.8 Å². The van der Waals surface area contributed by atoms with Crippen LogP contribution in [-0.2, 0) is 6.42 Å². The summed E-state index contributed by atoms with van der Waals surface area (Å²) in [4.78, 5) is 4.19. The second-order valence-electron chi connectivity index (χ2n) is 2.80. The van der Waals surface area contributed by atoms with E-state index in [0.29, 0.717) is 12.1 Å². The molecule has 1 aromatic rings. The maximum atomic E-state index is 5.14. The van der Waals surface area contributed by atoms with E-state index >= 15 is 0 Å². The first-order chi connectivity index (χ1) is 5.22. The van der Waals surface area contributed by atoms with E-state index in [2.05, 4.69) is 31.1 Å². The average molecular weight is 154 g/mol. The highest BCUT2D eigenvalue weighted by Gasteiger charge is 2.01. The third kappa shape index (κ3) is 2.26. The Morgan fingerprint density at radius 1 is 1.64 bits per heavy atom. The van der Waals surface area contributed by atoms with Crippen molar-refractivity contribution in [3.8, 4) is 0 Å². The highest BCUT2D eigenvalue weighted by atomic mass is 16.4. The lowest BCUT2D eigenvalue weighted by Crippen LogP contribution is -2.09. The largest absolute Gasteiger partial charge is 0.432 e. The molecule has 0 saturated heterocycles. The van der Waals surface area contributed by atoms with Crippen LogP contribution in [0.4, 0.5) is 6.01 Å². The van der Waals surface area contributed by atoms with Gasteiger partial charge in [0.2, 0.25) is 0 Å². The predicted octanol–water partition coefficient (Wildman–Crippen LogP) is 2.06. The van der Waals surface area contributed by atoms with Gasteiger partial charge in [0.1, 0.15) is 6.26 Å². The third-order valence-corrected chi connectivity index (χ3v) is 1.33. The molecule has 0 aliphatic rings. The first kappa shape index (κ1) is 8.11. The molecule has 0 radical (unpaired) electrons. The van der Waals surface area contributed by atoms with Crippen LogP contribution in [0.5, 0.6) is 0 Å². The monoisotopic (exact) mass is 154 g/mol. The zero-order valence-corrected chi connectivity index (χ0v) is 7.22. The van der Waals surface area contributed by atoms with E-state index in [-0.39, 0.29) is 0 Å². The van der Waals surface area contributed by atoms with Crippen LogP contribution in [0.3, 0.4) is 0 Å². The second kappa shape index (κ2) is 3.42. The SMILES string of the molecule is CCc1coc(NC(C)C)n1. The molecule has 0 aliphatic carbocycles. The lowest BCUT2D eigenvalue weighted by Gasteiger charge is -2.02. The maximum Gasteiger partial charge on any atom is 0.294 e. The van der Waals surface area contributed by atoms with Crippen molar-refractivity contribution in [2.45, 2.75) is 33.2 Å². The predicted molar refractivity (Wildman–Crippen MR) is 44.6 cm³/mol. The molecule has 0 aliphatic heterocycles. The van der Waals surface area contributed by atoms with Crippen LogP contribution in [0.1, 0.15) is 26.5 Å². The molecule has 11 heavy (non-hydrogen) atoms. The Bertz CT molecular complexity index is 218.